The van der Waals surface area contributed by atoms with Crippen LogP contribution < -0.4 is 4.74 Å². The van der Waals surface area contributed by atoms with Gasteiger partial charge in [-0.1, -0.05) is 0 Å². The molecule has 1 rings (SSSR count). The van der Waals surface area contributed by atoms with Gasteiger partial charge in [0.25, 0.3) is 0 Å². The first kappa shape index (κ1) is 13.8. The van der Waals surface area contributed by atoms with Crippen LogP contribution in [0.5, 0.6) is 11.5 Å². The summed E-state index contributed by atoms with van der Waals surface area (Å²) in [5.41, 5.74) is -0.329. The van der Waals surface area contributed by atoms with Crippen LogP contribution in [0.3, 0.4) is 0 Å². The number of nitrogens with zero attached hydrogens (tertiary/aromatic N) is 1. The molecule has 2 N–H and O–H groups in total. The maximum absolute atomic E-state index is 11.0. The molecule has 0 radical (unpaired) electrons. The Balaban J connectivity index is 3.20. The summed E-state index contributed by atoms with van der Waals surface area (Å²) in [6.07, 6.45) is 0.132. The summed E-state index contributed by atoms with van der Waals surface area (Å²) < 4.78 is 4.95. The molecule has 5 nitrogen and oxygen atoms in total. The number of ether oxygens (including phenoxy) is 1. The van der Waals surface area contributed by atoms with Crippen molar-refractivity contribution < 1.29 is 19.7 Å². The molecule has 0 heterocycles. The minimum Gasteiger partial charge on any atom is -0.508 e. The van der Waals surface area contributed by atoms with E-state index in [-0.39, 0.29) is 23.5 Å². The number of hydrogen-bond donors (Lipinski definition) is 2. The molecular formula is C13H15NO4. The maximum atomic E-state index is 11.0. The summed E-state index contributed by atoms with van der Waals surface area (Å²) in [6, 6.07) is 4.73. The van der Waals surface area contributed by atoms with E-state index in [1.807, 2.05) is 6.07 Å². The highest BCUT2D eigenvalue weighted by Gasteiger charge is 2.29. The fourth-order valence-electron chi connectivity index (χ4n) is 1.56. The lowest BCUT2D eigenvalue weighted by Crippen LogP contribution is -2.26. The Morgan fingerprint density at radius 1 is 1.50 bits per heavy atom. The smallest absolute Gasteiger partial charge is 0.309 e. The largest absolute Gasteiger partial charge is 0.508 e. The van der Waals surface area contributed by atoms with Crippen molar-refractivity contribution in [1.29, 1.82) is 5.26 Å². The van der Waals surface area contributed by atoms with E-state index in [0.717, 1.165) is 0 Å². The molecule has 0 aliphatic rings. The van der Waals surface area contributed by atoms with Gasteiger partial charge in [-0.2, -0.15) is 5.26 Å². The van der Waals surface area contributed by atoms with Gasteiger partial charge in [0.15, 0.2) is 0 Å². The number of carbonyl (C=O) groups is 1. The Morgan fingerprint density at radius 3 is 2.56 bits per heavy atom. The first-order valence-electron chi connectivity index (χ1n) is 5.35. The molecule has 0 saturated heterocycles. The minimum absolute atomic E-state index is 0.0693. The van der Waals surface area contributed by atoms with Gasteiger partial charge in [0.2, 0.25) is 0 Å². The van der Waals surface area contributed by atoms with Gasteiger partial charge >= 0.3 is 5.97 Å². The van der Waals surface area contributed by atoms with Crippen molar-refractivity contribution in [2.24, 2.45) is 5.41 Å². The third-order valence-electron chi connectivity index (χ3n) is 2.73. The van der Waals surface area contributed by atoms with Crippen LogP contribution in [0, 0.1) is 16.7 Å². The van der Waals surface area contributed by atoms with E-state index < -0.39 is 11.4 Å². The zero-order valence-corrected chi connectivity index (χ0v) is 10.5. The van der Waals surface area contributed by atoms with Gasteiger partial charge in [0.05, 0.1) is 18.1 Å². The highest BCUT2D eigenvalue weighted by Crippen LogP contribution is 2.32. The SMILES string of the molecule is COc1cc(O)c(CC(C)(C)C(=O)O)cc1C#N. The summed E-state index contributed by atoms with van der Waals surface area (Å²) in [5, 5.41) is 27.8. The highest BCUT2D eigenvalue weighted by molar-refractivity contribution is 5.74. The third-order valence-corrected chi connectivity index (χ3v) is 2.73. The quantitative estimate of drug-likeness (QED) is 0.850. The summed E-state index contributed by atoms with van der Waals surface area (Å²) in [7, 11) is 1.40. The van der Waals surface area contributed by atoms with Crippen LogP contribution in [0.15, 0.2) is 12.1 Å². The molecule has 0 spiro atoms. The van der Waals surface area contributed by atoms with Gasteiger partial charge in [-0.25, -0.2) is 0 Å². The molecule has 0 aliphatic heterocycles. The maximum Gasteiger partial charge on any atom is 0.309 e. The second-order valence-corrected chi connectivity index (χ2v) is 4.66. The molecule has 18 heavy (non-hydrogen) atoms. The van der Waals surface area contributed by atoms with E-state index in [2.05, 4.69) is 0 Å². The first-order valence-corrected chi connectivity index (χ1v) is 5.35. The number of benzene rings is 1. The lowest BCUT2D eigenvalue weighted by Gasteiger charge is -2.20. The predicted molar refractivity (Wildman–Crippen MR) is 64.5 cm³/mol. The molecule has 1 aromatic carbocycles. The average molecular weight is 249 g/mol. The molecule has 0 saturated carbocycles. The molecule has 0 aliphatic carbocycles. The number of phenols is 1. The van der Waals surface area contributed by atoms with Gasteiger partial charge in [0, 0.05) is 6.07 Å². The lowest BCUT2D eigenvalue weighted by molar-refractivity contribution is -0.146. The Bertz CT molecular complexity index is 514. The first-order chi connectivity index (χ1) is 8.31. The topological polar surface area (TPSA) is 90.6 Å². The Kier molecular flexibility index (Phi) is 3.82. The van der Waals surface area contributed by atoms with Gasteiger partial charge < -0.3 is 14.9 Å². The van der Waals surface area contributed by atoms with Gasteiger partial charge in [-0.15, -0.1) is 0 Å². The van der Waals surface area contributed by atoms with Gasteiger partial charge in [-0.3, -0.25) is 4.79 Å². The zero-order chi connectivity index (χ0) is 13.9. The second kappa shape index (κ2) is 4.96. The van der Waals surface area contributed by atoms with Crippen LogP contribution in [0.1, 0.15) is 25.0 Å². The normalized spacial score (nSPS) is 10.8. The van der Waals surface area contributed by atoms with Crippen LogP contribution in [0.4, 0.5) is 0 Å². The molecule has 1 aromatic rings. The van der Waals surface area contributed by atoms with E-state index in [1.54, 1.807) is 13.8 Å². The fraction of sp³-hybridized carbons (Fsp3) is 0.385. The molecule has 0 amide bonds. The predicted octanol–water partition coefficient (Wildman–Crippen LogP) is 1.93. The molecule has 0 fully saturated rings. The third kappa shape index (κ3) is 2.72. The van der Waals surface area contributed by atoms with Crippen molar-refractivity contribution in [3.8, 4) is 17.6 Å². The van der Waals surface area contributed by atoms with E-state index in [0.29, 0.717) is 5.56 Å². The number of methoxy groups -OCH3 is 1. The number of carboxylic acids is 1. The molecule has 0 atom stereocenters. The van der Waals surface area contributed by atoms with Crippen molar-refractivity contribution >= 4 is 5.97 Å². The Labute approximate surface area is 105 Å². The molecule has 0 unspecified atom stereocenters. The Hall–Kier alpha value is -2.22. The van der Waals surface area contributed by atoms with Crippen LogP contribution in [-0.2, 0) is 11.2 Å². The molecule has 5 heteroatoms. The standard InChI is InChI=1S/C13H15NO4/c1-13(2,12(16)17)6-8-4-9(7-14)11(18-3)5-10(8)15/h4-5,15H,6H2,1-3H3,(H,16,17). The van der Waals surface area contributed by atoms with Crippen molar-refractivity contribution in [3.05, 3.63) is 23.3 Å². The zero-order valence-electron chi connectivity index (χ0n) is 10.5. The van der Waals surface area contributed by atoms with E-state index in [9.17, 15) is 9.90 Å². The molecule has 0 aromatic heterocycles. The number of rotatable bonds is 4. The summed E-state index contributed by atoms with van der Waals surface area (Å²) >= 11 is 0. The summed E-state index contributed by atoms with van der Waals surface area (Å²) in [5.74, 6) is -0.761. The second-order valence-electron chi connectivity index (χ2n) is 4.66. The van der Waals surface area contributed by atoms with Crippen molar-refractivity contribution in [3.63, 3.8) is 0 Å². The highest BCUT2D eigenvalue weighted by atomic mass is 16.5. The van der Waals surface area contributed by atoms with Crippen molar-refractivity contribution in [1.82, 2.24) is 0 Å². The van der Waals surface area contributed by atoms with Crippen LogP contribution in [-0.4, -0.2) is 23.3 Å². The summed E-state index contributed by atoms with van der Waals surface area (Å²) in [4.78, 5) is 11.0. The molecular weight excluding hydrogens is 234 g/mol. The van der Waals surface area contributed by atoms with Gasteiger partial charge in [-0.05, 0) is 31.9 Å². The van der Waals surface area contributed by atoms with E-state index >= 15 is 0 Å². The number of aliphatic carboxylic acids is 1. The summed E-state index contributed by atoms with van der Waals surface area (Å²) in [6.45, 7) is 3.12. The van der Waals surface area contributed by atoms with Crippen LogP contribution >= 0.6 is 0 Å². The number of aromatic hydroxyl groups is 1. The van der Waals surface area contributed by atoms with Gasteiger partial charge in [0.1, 0.15) is 17.6 Å². The molecule has 0 bridgehead atoms. The van der Waals surface area contributed by atoms with E-state index in [1.165, 1.54) is 19.2 Å². The number of hydrogen-bond acceptors (Lipinski definition) is 4. The molecule has 96 valence electrons. The lowest BCUT2D eigenvalue weighted by atomic mass is 9.85. The fourth-order valence-corrected chi connectivity index (χ4v) is 1.56. The van der Waals surface area contributed by atoms with Crippen molar-refractivity contribution in [2.45, 2.75) is 20.3 Å². The van der Waals surface area contributed by atoms with Crippen LogP contribution in [0.25, 0.3) is 0 Å². The van der Waals surface area contributed by atoms with Crippen molar-refractivity contribution in [2.75, 3.05) is 7.11 Å². The number of phenolic OH excluding ortho intramolecular Hbond substituents is 1. The Morgan fingerprint density at radius 2 is 2.11 bits per heavy atom. The van der Waals surface area contributed by atoms with E-state index in [4.69, 9.17) is 15.1 Å². The number of nitriles is 1. The monoisotopic (exact) mass is 249 g/mol. The average Bonchev–Trinajstić information content (AvgIpc) is 2.30. The number of carboxylic acid groups (broad SMARTS) is 1. The minimum atomic E-state index is -1.02. The van der Waals surface area contributed by atoms with Crippen LogP contribution in [0.2, 0.25) is 0 Å².